The Morgan fingerprint density at radius 2 is 1.61 bits per heavy atom. The molecule has 1 aliphatic rings. The van der Waals surface area contributed by atoms with E-state index >= 15 is 0 Å². The zero-order chi connectivity index (χ0) is 29.3. The van der Waals surface area contributed by atoms with Crippen molar-refractivity contribution in [2.24, 2.45) is 7.05 Å². The predicted octanol–water partition coefficient (Wildman–Crippen LogP) is 3.80. The van der Waals surface area contributed by atoms with E-state index in [1.807, 2.05) is 20.1 Å². The fraction of sp³-hybridized carbons (Fsp3) is 0.300. The van der Waals surface area contributed by atoms with Gasteiger partial charge in [0.05, 0.1) is 27.9 Å². The van der Waals surface area contributed by atoms with Crippen LogP contribution in [0.2, 0.25) is 0 Å². The summed E-state index contributed by atoms with van der Waals surface area (Å²) in [6.45, 7) is 3.61. The summed E-state index contributed by atoms with van der Waals surface area (Å²) in [5.41, 5.74) is 2.29. The van der Waals surface area contributed by atoms with Crippen molar-refractivity contribution in [2.75, 3.05) is 12.9 Å². The topological polar surface area (TPSA) is 119 Å². The molecule has 2 aromatic heterocycles. The fourth-order valence-electron chi connectivity index (χ4n) is 4.71. The minimum atomic E-state index is -0.909. The quantitative estimate of drug-likeness (QED) is 0.239. The molecule has 2 aromatic carbocycles. The normalized spacial score (nSPS) is 18.4. The molecule has 5 rings (SSSR count). The molecule has 10 nitrogen and oxygen atoms in total. The molecule has 0 radical (unpaired) electrons. The number of aryl methyl sites for hydroxylation is 2. The number of nitrogens with zero attached hydrogens (tertiary/aromatic N) is 3. The lowest BCUT2D eigenvalue weighted by Crippen LogP contribution is -2.32. The van der Waals surface area contributed by atoms with E-state index in [1.54, 1.807) is 61.6 Å². The molecule has 41 heavy (non-hydrogen) atoms. The number of aromatic nitrogens is 3. The van der Waals surface area contributed by atoms with E-state index in [0.29, 0.717) is 21.7 Å². The van der Waals surface area contributed by atoms with Crippen molar-refractivity contribution in [3.63, 3.8) is 0 Å². The summed E-state index contributed by atoms with van der Waals surface area (Å²) < 4.78 is 20.4. The van der Waals surface area contributed by atoms with E-state index in [1.165, 1.54) is 20.9 Å². The van der Waals surface area contributed by atoms with Crippen molar-refractivity contribution < 1.29 is 23.8 Å². The molecule has 0 spiro atoms. The molecule has 4 aromatic rings. The number of carbonyl (C=O) groups excluding carboxylic acids is 2. The van der Waals surface area contributed by atoms with Crippen LogP contribution < -0.4 is 11.1 Å². The van der Waals surface area contributed by atoms with E-state index in [2.05, 4.69) is 4.98 Å². The van der Waals surface area contributed by atoms with E-state index in [9.17, 15) is 19.2 Å². The zero-order valence-corrected chi connectivity index (χ0v) is 23.8. The van der Waals surface area contributed by atoms with E-state index in [0.717, 1.165) is 17.3 Å². The molecular weight excluding hydrogens is 546 g/mol. The van der Waals surface area contributed by atoms with Gasteiger partial charge in [-0.2, -0.15) is 0 Å². The van der Waals surface area contributed by atoms with Crippen LogP contribution >= 0.6 is 11.8 Å². The second kappa shape index (κ2) is 11.7. The van der Waals surface area contributed by atoms with Gasteiger partial charge >= 0.3 is 11.9 Å². The monoisotopic (exact) mass is 575 g/mol. The van der Waals surface area contributed by atoms with Gasteiger partial charge in [0.1, 0.15) is 25.0 Å². The SMILES string of the molecule is CSc1cc2c(ncc(=O)n2C2C[C@@H](OC(=O)c3ccc(C)cc3)[C@@H](COC(=O)c3ccc(C)cc3)O2)c(=O)n1C. The first-order chi connectivity index (χ1) is 19.7. The summed E-state index contributed by atoms with van der Waals surface area (Å²) in [5.74, 6) is -1.13. The number of thioether (sulfide) groups is 1. The third-order valence-corrected chi connectivity index (χ3v) is 7.84. The standard InChI is InChI=1S/C30H29N3O7S/c1-17-5-9-19(10-6-17)29(36)38-16-23-22(40-30(37)20-11-7-18(2)8-12-20)14-25(39-23)33-21-13-26(41-4)32(3)28(35)27(21)31-15-24(33)34/h5-13,15,22-23,25H,14,16H2,1-4H3/t22-,23-,25?/m1/s1. The lowest BCUT2D eigenvalue weighted by molar-refractivity contribution is -0.0569. The van der Waals surface area contributed by atoms with Gasteiger partial charge < -0.3 is 18.8 Å². The highest BCUT2D eigenvalue weighted by Gasteiger charge is 2.41. The van der Waals surface area contributed by atoms with Crippen LogP contribution in [0.1, 0.15) is 44.5 Å². The van der Waals surface area contributed by atoms with Crippen molar-refractivity contribution in [1.82, 2.24) is 14.1 Å². The Morgan fingerprint density at radius 1 is 1.00 bits per heavy atom. The maximum Gasteiger partial charge on any atom is 0.338 e. The van der Waals surface area contributed by atoms with Gasteiger partial charge in [0.15, 0.2) is 5.52 Å². The van der Waals surface area contributed by atoms with Crippen LogP contribution in [0.25, 0.3) is 11.0 Å². The number of hydrogen-bond acceptors (Lipinski definition) is 9. The molecule has 0 saturated carbocycles. The molecule has 1 saturated heterocycles. The van der Waals surface area contributed by atoms with Gasteiger partial charge in [0.25, 0.3) is 11.1 Å². The van der Waals surface area contributed by atoms with E-state index in [4.69, 9.17) is 14.2 Å². The Labute approximate surface area is 239 Å². The molecule has 212 valence electrons. The summed E-state index contributed by atoms with van der Waals surface area (Å²) in [4.78, 5) is 55.9. The highest BCUT2D eigenvalue weighted by atomic mass is 32.2. The van der Waals surface area contributed by atoms with Gasteiger partial charge in [-0.15, -0.1) is 11.8 Å². The summed E-state index contributed by atoms with van der Waals surface area (Å²) >= 11 is 1.35. The molecule has 1 unspecified atom stereocenters. The molecule has 3 atom stereocenters. The van der Waals surface area contributed by atoms with Gasteiger partial charge in [-0.05, 0) is 50.4 Å². The Morgan fingerprint density at radius 3 is 2.22 bits per heavy atom. The minimum absolute atomic E-state index is 0.0905. The van der Waals surface area contributed by atoms with Crippen LogP contribution in [-0.4, -0.2) is 51.1 Å². The number of ether oxygens (including phenoxy) is 3. The summed E-state index contributed by atoms with van der Waals surface area (Å²) in [6, 6.07) is 15.6. The van der Waals surface area contributed by atoms with Gasteiger partial charge in [-0.1, -0.05) is 35.4 Å². The van der Waals surface area contributed by atoms with Crippen molar-refractivity contribution in [2.45, 2.75) is 43.7 Å². The molecule has 11 heteroatoms. The van der Waals surface area contributed by atoms with Crippen LogP contribution in [0.3, 0.4) is 0 Å². The number of benzene rings is 2. The molecule has 1 fully saturated rings. The largest absolute Gasteiger partial charge is 0.459 e. The second-order valence-electron chi connectivity index (χ2n) is 9.89. The first kappa shape index (κ1) is 28.3. The highest BCUT2D eigenvalue weighted by Crippen LogP contribution is 2.33. The van der Waals surface area contributed by atoms with Crippen LogP contribution in [0.15, 0.2) is 75.4 Å². The Balaban J connectivity index is 1.46. The molecule has 0 bridgehead atoms. The first-order valence-corrected chi connectivity index (χ1v) is 14.2. The number of carbonyl (C=O) groups is 2. The summed E-state index contributed by atoms with van der Waals surface area (Å²) in [6.07, 6.45) is 0.363. The molecule has 0 aliphatic carbocycles. The van der Waals surface area contributed by atoms with Gasteiger partial charge in [-0.25, -0.2) is 14.6 Å². The van der Waals surface area contributed by atoms with Gasteiger partial charge in [-0.3, -0.25) is 14.2 Å². The Hall–Kier alpha value is -4.22. The van der Waals surface area contributed by atoms with Crippen LogP contribution in [0.5, 0.6) is 0 Å². The number of esters is 2. The lowest BCUT2D eigenvalue weighted by Gasteiger charge is -2.19. The number of hydrogen-bond donors (Lipinski definition) is 0. The van der Waals surface area contributed by atoms with E-state index < -0.39 is 35.9 Å². The second-order valence-corrected chi connectivity index (χ2v) is 10.7. The summed E-state index contributed by atoms with van der Waals surface area (Å²) in [7, 11) is 1.63. The van der Waals surface area contributed by atoms with Crippen LogP contribution in [-0.2, 0) is 21.3 Å². The summed E-state index contributed by atoms with van der Waals surface area (Å²) in [5, 5.41) is 0.632. The molecule has 0 amide bonds. The minimum Gasteiger partial charge on any atom is -0.459 e. The Kier molecular flexibility index (Phi) is 8.09. The zero-order valence-electron chi connectivity index (χ0n) is 23.0. The van der Waals surface area contributed by atoms with Crippen LogP contribution in [0.4, 0.5) is 0 Å². The Bertz CT molecular complexity index is 1730. The van der Waals surface area contributed by atoms with Crippen molar-refractivity contribution >= 4 is 34.7 Å². The first-order valence-electron chi connectivity index (χ1n) is 13.0. The fourth-order valence-corrected chi connectivity index (χ4v) is 5.29. The highest BCUT2D eigenvalue weighted by molar-refractivity contribution is 7.98. The predicted molar refractivity (Wildman–Crippen MR) is 153 cm³/mol. The average Bonchev–Trinajstić information content (AvgIpc) is 3.35. The third kappa shape index (κ3) is 5.82. The smallest absolute Gasteiger partial charge is 0.338 e. The van der Waals surface area contributed by atoms with Crippen molar-refractivity contribution in [1.29, 1.82) is 0 Å². The van der Waals surface area contributed by atoms with Crippen LogP contribution in [0, 0.1) is 13.8 Å². The average molecular weight is 576 g/mol. The maximum atomic E-state index is 13.1. The molecular formula is C30H29N3O7S. The lowest BCUT2D eigenvalue weighted by atomic mass is 10.1. The van der Waals surface area contributed by atoms with Crippen molar-refractivity contribution in [3.05, 3.63) is 104 Å². The molecule has 3 heterocycles. The maximum absolute atomic E-state index is 13.1. The third-order valence-electron chi connectivity index (χ3n) is 7.03. The number of pyridine rings is 1. The number of fused-ring (bicyclic) bond motifs is 1. The molecule has 1 aliphatic heterocycles. The number of rotatable bonds is 7. The van der Waals surface area contributed by atoms with E-state index in [-0.39, 0.29) is 24.1 Å². The van der Waals surface area contributed by atoms with Gasteiger partial charge in [0, 0.05) is 13.5 Å². The molecule has 0 N–H and O–H groups in total. The van der Waals surface area contributed by atoms with Crippen molar-refractivity contribution in [3.8, 4) is 0 Å². The van der Waals surface area contributed by atoms with Gasteiger partial charge in [0.2, 0.25) is 0 Å².